The third kappa shape index (κ3) is 4.76. The van der Waals surface area contributed by atoms with E-state index in [0.29, 0.717) is 19.6 Å². The molecule has 1 rings (SSSR count). The molecule has 0 fully saturated rings. The van der Waals surface area contributed by atoms with Gasteiger partial charge in [0.05, 0.1) is 17.8 Å². The minimum Gasteiger partial charge on any atom is -0.376 e. The Morgan fingerprint density at radius 2 is 1.58 bits per heavy atom. The van der Waals surface area contributed by atoms with Gasteiger partial charge in [-0.15, -0.1) is 0 Å². The summed E-state index contributed by atoms with van der Waals surface area (Å²) in [5.41, 5.74) is -0.767. The first-order chi connectivity index (χ1) is 8.67. The first-order valence-corrected chi connectivity index (χ1v) is 6.39. The molecule has 0 atom stereocenters. The Bertz CT molecular complexity index is 367. The van der Waals surface area contributed by atoms with Crippen LogP contribution in [0.4, 0.5) is 0 Å². The molecule has 1 heterocycles. The first kappa shape index (κ1) is 15.9. The number of ether oxygens (including phenoxy) is 2. The van der Waals surface area contributed by atoms with Gasteiger partial charge in [-0.05, 0) is 34.1 Å². The van der Waals surface area contributed by atoms with Gasteiger partial charge in [0, 0.05) is 25.8 Å². The second-order valence-electron chi connectivity index (χ2n) is 5.92. The summed E-state index contributed by atoms with van der Waals surface area (Å²) >= 11 is 0. The first-order valence-electron chi connectivity index (χ1n) is 6.39. The van der Waals surface area contributed by atoms with E-state index < -0.39 is 5.60 Å². The number of amides is 2. The van der Waals surface area contributed by atoms with Crippen LogP contribution in [0.3, 0.4) is 0 Å². The zero-order valence-corrected chi connectivity index (χ0v) is 12.4. The highest BCUT2D eigenvalue weighted by atomic mass is 16.5. The van der Waals surface area contributed by atoms with Crippen LogP contribution in [-0.4, -0.2) is 48.2 Å². The predicted molar refractivity (Wildman–Crippen MR) is 71.6 cm³/mol. The van der Waals surface area contributed by atoms with Crippen LogP contribution >= 0.6 is 0 Å². The second-order valence-corrected chi connectivity index (χ2v) is 5.92. The number of imide groups is 1. The molecule has 5 nitrogen and oxygen atoms in total. The van der Waals surface area contributed by atoms with Crippen LogP contribution in [-0.2, 0) is 19.1 Å². The van der Waals surface area contributed by atoms with Gasteiger partial charge < -0.3 is 9.47 Å². The Kier molecular flexibility index (Phi) is 4.87. The van der Waals surface area contributed by atoms with Gasteiger partial charge in [-0.1, -0.05) is 0 Å². The molecule has 0 aromatic carbocycles. The van der Waals surface area contributed by atoms with Gasteiger partial charge in [-0.2, -0.15) is 0 Å². The van der Waals surface area contributed by atoms with E-state index in [1.54, 1.807) is 7.11 Å². The van der Waals surface area contributed by atoms with E-state index in [-0.39, 0.29) is 17.4 Å². The maximum absolute atomic E-state index is 11.4. The lowest BCUT2D eigenvalue weighted by Crippen LogP contribution is -2.39. The second kappa shape index (κ2) is 5.84. The van der Waals surface area contributed by atoms with Crippen LogP contribution in [0.1, 0.15) is 34.1 Å². The smallest absolute Gasteiger partial charge is 0.253 e. The summed E-state index contributed by atoms with van der Waals surface area (Å²) in [7, 11) is 1.64. The zero-order valence-electron chi connectivity index (χ0n) is 12.4. The Labute approximate surface area is 114 Å². The maximum atomic E-state index is 11.4. The summed E-state index contributed by atoms with van der Waals surface area (Å²) in [6, 6.07) is 0. The standard InChI is InChI=1S/C14H23NO4/c1-13(2,19-10-14(3,4)18-5)8-9-15-11(16)6-7-12(15)17/h6-7H,8-10H2,1-5H3. The topological polar surface area (TPSA) is 55.8 Å². The number of hydrogen-bond acceptors (Lipinski definition) is 4. The Hall–Kier alpha value is -1.20. The third-order valence-corrected chi connectivity index (χ3v) is 3.20. The predicted octanol–water partition coefficient (Wildman–Crippen LogP) is 1.52. The summed E-state index contributed by atoms with van der Waals surface area (Å²) in [5.74, 6) is -0.504. The Morgan fingerprint density at radius 1 is 1.05 bits per heavy atom. The van der Waals surface area contributed by atoms with Crippen LogP contribution in [0.15, 0.2) is 12.2 Å². The minimum absolute atomic E-state index is 0.252. The van der Waals surface area contributed by atoms with Gasteiger partial charge in [-0.25, -0.2) is 0 Å². The molecule has 108 valence electrons. The molecule has 1 aliphatic heterocycles. The molecule has 0 unspecified atom stereocenters. The van der Waals surface area contributed by atoms with E-state index in [4.69, 9.17) is 9.47 Å². The van der Waals surface area contributed by atoms with Crippen molar-refractivity contribution in [3.05, 3.63) is 12.2 Å². The van der Waals surface area contributed by atoms with E-state index in [2.05, 4.69) is 0 Å². The SMILES string of the molecule is COC(C)(C)COC(C)(C)CCN1C(=O)C=CC1=O. The Morgan fingerprint density at radius 3 is 2.05 bits per heavy atom. The van der Waals surface area contributed by atoms with Crippen molar-refractivity contribution in [2.24, 2.45) is 0 Å². The van der Waals surface area contributed by atoms with Crippen LogP contribution in [0.2, 0.25) is 0 Å². The van der Waals surface area contributed by atoms with E-state index in [9.17, 15) is 9.59 Å². The molecule has 0 N–H and O–H groups in total. The van der Waals surface area contributed by atoms with Gasteiger partial charge in [0.2, 0.25) is 0 Å². The van der Waals surface area contributed by atoms with Crippen LogP contribution in [0.5, 0.6) is 0 Å². The average molecular weight is 269 g/mol. The number of rotatable bonds is 7. The fraction of sp³-hybridized carbons (Fsp3) is 0.714. The molecule has 19 heavy (non-hydrogen) atoms. The van der Waals surface area contributed by atoms with Crippen LogP contribution < -0.4 is 0 Å². The van der Waals surface area contributed by atoms with Crippen molar-refractivity contribution in [2.75, 3.05) is 20.3 Å². The highest BCUT2D eigenvalue weighted by molar-refractivity contribution is 6.12. The molecule has 0 aromatic rings. The highest BCUT2D eigenvalue weighted by Crippen LogP contribution is 2.20. The molecule has 0 radical (unpaired) electrons. The van der Waals surface area contributed by atoms with Crippen molar-refractivity contribution in [1.29, 1.82) is 0 Å². The lowest BCUT2D eigenvalue weighted by molar-refractivity contribution is -0.139. The van der Waals surface area contributed by atoms with Crippen molar-refractivity contribution in [3.8, 4) is 0 Å². The third-order valence-electron chi connectivity index (χ3n) is 3.20. The molecular weight excluding hydrogens is 246 g/mol. The van der Waals surface area contributed by atoms with Crippen molar-refractivity contribution >= 4 is 11.8 Å². The molecule has 1 aliphatic rings. The molecule has 2 amide bonds. The van der Waals surface area contributed by atoms with Crippen molar-refractivity contribution in [1.82, 2.24) is 4.90 Å². The normalized spacial score (nSPS) is 16.6. The summed E-state index contributed by atoms with van der Waals surface area (Å²) < 4.78 is 11.1. The lowest BCUT2D eigenvalue weighted by Gasteiger charge is -2.32. The summed E-state index contributed by atoms with van der Waals surface area (Å²) in [6.07, 6.45) is 3.18. The van der Waals surface area contributed by atoms with Crippen molar-refractivity contribution < 1.29 is 19.1 Å². The lowest BCUT2D eigenvalue weighted by atomic mass is 10.0. The monoisotopic (exact) mass is 269 g/mol. The van der Waals surface area contributed by atoms with Gasteiger partial charge in [0.1, 0.15) is 0 Å². The largest absolute Gasteiger partial charge is 0.376 e. The fourth-order valence-corrected chi connectivity index (χ4v) is 1.53. The van der Waals surface area contributed by atoms with E-state index in [1.807, 2.05) is 27.7 Å². The summed E-state index contributed by atoms with van der Waals surface area (Å²) in [5, 5.41) is 0. The molecule has 0 aromatic heterocycles. The number of hydrogen-bond donors (Lipinski definition) is 0. The molecule has 0 aliphatic carbocycles. The number of carbonyl (C=O) groups excluding carboxylic acids is 2. The van der Waals surface area contributed by atoms with E-state index in [1.165, 1.54) is 17.1 Å². The minimum atomic E-state index is -0.418. The number of nitrogens with zero attached hydrogens (tertiary/aromatic N) is 1. The number of methoxy groups -OCH3 is 1. The maximum Gasteiger partial charge on any atom is 0.253 e. The van der Waals surface area contributed by atoms with Crippen molar-refractivity contribution in [3.63, 3.8) is 0 Å². The number of carbonyl (C=O) groups is 2. The average Bonchev–Trinajstić information content (AvgIpc) is 2.65. The van der Waals surface area contributed by atoms with Gasteiger partial charge in [0.25, 0.3) is 11.8 Å². The quantitative estimate of drug-likeness (QED) is 0.658. The zero-order chi connectivity index (χ0) is 14.7. The molecule has 5 heteroatoms. The fourth-order valence-electron chi connectivity index (χ4n) is 1.53. The van der Waals surface area contributed by atoms with Crippen LogP contribution in [0.25, 0.3) is 0 Å². The van der Waals surface area contributed by atoms with E-state index >= 15 is 0 Å². The van der Waals surface area contributed by atoms with Gasteiger partial charge in [0.15, 0.2) is 0 Å². The van der Waals surface area contributed by atoms with Gasteiger partial charge in [-0.3, -0.25) is 14.5 Å². The summed E-state index contributed by atoms with van der Waals surface area (Å²) in [6.45, 7) is 8.59. The van der Waals surface area contributed by atoms with E-state index in [0.717, 1.165) is 0 Å². The molecule has 0 spiro atoms. The molecular formula is C14H23NO4. The van der Waals surface area contributed by atoms with Crippen LogP contribution in [0, 0.1) is 0 Å². The highest BCUT2D eigenvalue weighted by Gasteiger charge is 2.28. The Balaban J connectivity index is 2.43. The molecule has 0 saturated heterocycles. The molecule has 0 bridgehead atoms. The summed E-state index contributed by atoms with van der Waals surface area (Å²) in [4.78, 5) is 24.1. The van der Waals surface area contributed by atoms with Gasteiger partial charge >= 0.3 is 0 Å². The van der Waals surface area contributed by atoms with Crippen molar-refractivity contribution in [2.45, 2.75) is 45.3 Å². The molecule has 0 saturated carbocycles.